The van der Waals surface area contributed by atoms with Gasteiger partial charge in [-0.3, -0.25) is 4.79 Å². The molecule has 1 heterocycles. The molecule has 0 unspecified atom stereocenters. The maximum atomic E-state index is 12.1. The number of halogens is 1. The number of benzene rings is 1. The minimum Gasteiger partial charge on any atom is -0.480 e. The molecule has 1 saturated carbocycles. The van der Waals surface area contributed by atoms with Gasteiger partial charge in [0.15, 0.2) is 11.5 Å². The van der Waals surface area contributed by atoms with Crippen molar-refractivity contribution in [1.29, 1.82) is 0 Å². The molecule has 0 spiro atoms. The summed E-state index contributed by atoms with van der Waals surface area (Å²) in [5, 5.41) is 16.1. The van der Waals surface area contributed by atoms with Gasteiger partial charge in [0.25, 0.3) is 5.91 Å². The Hall–Kier alpha value is -2.34. The number of carbonyl (C=O) groups excluding carboxylic acids is 1. The Morgan fingerprint density at radius 3 is 2.50 bits per heavy atom. The lowest BCUT2D eigenvalue weighted by Crippen LogP contribution is -2.59. The molecule has 1 aliphatic rings. The van der Waals surface area contributed by atoms with Crippen molar-refractivity contribution in [1.82, 2.24) is 10.5 Å². The maximum absolute atomic E-state index is 12.1. The Morgan fingerprint density at radius 2 is 1.95 bits per heavy atom. The average molecular weight is 321 g/mol. The molecule has 22 heavy (non-hydrogen) atoms. The van der Waals surface area contributed by atoms with Crippen LogP contribution in [0.5, 0.6) is 0 Å². The zero-order chi connectivity index (χ0) is 15.7. The van der Waals surface area contributed by atoms with E-state index in [4.69, 9.17) is 16.1 Å². The number of aliphatic carboxylic acids is 1. The molecule has 6 nitrogen and oxygen atoms in total. The van der Waals surface area contributed by atoms with E-state index in [1.54, 1.807) is 24.3 Å². The zero-order valence-corrected chi connectivity index (χ0v) is 12.3. The van der Waals surface area contributed by atoms with Gasteiger partial charge in [0.2, 0.25) is 0 Å². The number of hydrogen-bond acceptors (Lipinski definition) is 4. The highest BCUT2D eigenvalue weighted by molar-refractivity contribution is 6.30. The molecule has 3 rings (SSSR count). The van der Waals surface area contributed by atoms with Gasteiger partial charge in [-0.15, -0.1) is 0 Å². The fourth-order valence-electron chi connectivity index (χ4n) is 2.34. The molecule has 0 aliphatic heterocycles. The van der Waals surface area contributed by atoms with Crippen LogP contribution >= 0.6 is 11.6 Å². The van der Waals surface area contributed by atoms with Gasteiger partial charge in [0.05, 0.1) is 0 Å². The zero-order valence-electron chi connectivity index (χ0n) is 11.5. The second-order valence-electron chi connectivity index (χ2n) is 5.28. The van der Waals surface area contributed by atoms with Crippen LogP contribution in [0.1, 0.15) is 29.8 Å². The molecule has 7 heteroatoms. The number of nitrogens with one attached hydrogen (secondary N) is 1. The number of amides is 1. The van der Waals surface area contributed by atoms with Gasteiger partial charge in [0.1, 0.15) is 5.54 Å². The molecule has 0 radical (unpaired) electrons. The quantitative estimate of drug-likeness (QED) is 0.903. The van der Waals surface area contributed by atoms with E-state index < -0.39 is 17.4 Å². The minimum atomic E-state index is -1.17. The van der Waals surface area contributed by atoms with Crippen molar-refractivity contribution in [2.75, 3.05) is 0 Å². The van der Waals surface area contributed by atoms with E-state index in [0.29, 0.717) is 23.6 Å². The van der Waals surface area contributed by atoms with Crippen LogP contribution in [0.15, 0.2) is 34.9 Å². The van der Waals surface area contributed by atoms with E-state index in [-0.39, 0.29) is 5.69 Å². The first-order valence-corrected chi connectivity index (χ1v) is 7.16. The highest BCUT2D eigenvalue weighted by atomic mass is 35.5. The normalized spacial score (nSPS) is 15.9. The first kappa shape index (κ1) is 14.6. The third-order valence-electron chi connectivity index (χ3n) is 3.84. The van der Waals surface area contributed by atoms with Gasteiger partial charge in [-0.1, -0.05) is 16.8 Å². The first-order chi connectivity index (χ1) is 10.5. The van der Waals surface area contributed by atoms with Gasteiger partial charge in [-0.2, -0.15) is 0 Å². The van der Waals surface area contributed by atoms with Crippen molar-refractivity contribution >= 4 is 23.5 Å². The van der Waals surface area contributed by atoms with Crippen LogP contribution in [0.25, 0.3) is 11.3 Å². The van der Waals surface area contributed by atoms with Gasteiger partial charge >= 0.3 is 5.97 Å². The molecule has 0 bridgehead atoms. The smallest absolute Gasteiger partial charge is 0.329 e. The van der Waals surface area contributed by atoms with E-state index in [0.717, 1.165) is 12.0 Å². The summed E-state index contributed by atoms with van der Waals surface area (Å²) in [5.74, 6) is -1.15. The van der Waals surface area contributed by atoms with Gasteiger partial charge in [0, 0.05) is 16.7 Å². The molecule has 1 amide bonds. The number of carbonyl (C=O) groups is 2. The highest BCUT2D eigenvalue weighted by Gasteiger charge is 2.46. The van der Waals surface area contributed by atoms with Crippen LogP contribution in [0.4, 0.5) is 0 Å². The number of aromatic nitrogens is 1. The van der Waals surface area contributed by atoms with Gasteiger partial charge < -0.3 is 14.9 Å². The lowest BCUT2D eigenvalue weighted by molar-refractivity contribution is -0.148. The molecular weight excluding hydrogens is 308 g/mol. The van der Waals surface area contributed by atoms with Crippen molar-refractivity contribution in [2.45, 2.75) is 24.8 Å². The summed E-state index contributed by atoms with van der Waals surface area (Å²) in [4.78, 5) is 23.4. The largest absolute Gasteiger partial charge is 0.480 e. The van der Waals surface area contributed by atoms with Crippen LogP contribution in [-0.2, 0) is 4.79 Å². The van der Waals surface area contributed by atoms with Crippen LogP contribution < -0.4 is 5.32 Å². The summed E-state index contributed by atoms with van der Waals surface area (Å²) in [7, 11) is 0. The summed E-state index contributed by atoms with van der Waals surface area (Å²) in [6.07, 6.45) is 1.63. The van der Waals surface area contributed by atoms with Crippen molar-refractivity contribution in [2.24, 2.45) is 0 Å². The summed E-state index contributed by atoms with van der Waals surface area (Å²) >= 11 is 5.81. The highest BCUT2D eigenvalue weighted by Crippen LogP contribution is 2.32. The van der Waals surface area contributed by atoms with Crippen molar-refractivity contribution in [3.05, 3.63) is 41.0 Å². The van der Waals surface area contributed by atoms with Crippen LogP contribution in [-0.4, -0.2) is 27.7 Å². The molecule has 1 aromatic heterocycles. The summed E-state index contributed by atoms with van der Waals surface area (Å²) in [6.45, 7) is 0. The van der Waals surface area contributed by atoms with Crippen molar-refractivity contribution < 1.29 is 19.2 Å². The lowest BCUT2D eigenvalue weighted by atomic mass is 9.76. The molecule has 0 atom stereocenters. The Balaban J connectivity index is 1.77. The molecule has 0 saturated heterocycles. The molecule has 2 aromatic rings. The average Bonchev–Trinajstić information content (AvgIpc) is 2.93. The first-order valence-electron chi connectivity index (χ1n) is 6.79. The van der Waals surface area contributed by atoms with E-state index in [2.05, 4.69) is 10.5 Å². The number of carboxylic acids is 1. The van der Waals surface area contributed by atoms with E-state index in [9.17, 15) is 14.7 Å². The molecule has 2 N–H and O–H groups in total. The number of carboxylic acid groups (broad SMARTS) is 1. The van der Waals surface area contributed by atoms with E-state index in [1.807, 2.05) is 0 Å². The predicted octanol–water partition coefficient (Wildman–Crippen LogP) is 2.73. The number of rotatable bonds is 4. The predicted molar refractivity (Wildman–Crippen MR) is 78.6 cm³/mol. The monoisotopic (exact) mass is 320 g/mol. The second kappa shape index (κ2) is 5.46. The van der Waals surface area contributed by atoms with Crippen LogP contribution in [0.2, 0.25) is 5.02 Å². The van der Waals surface area contributed by atoms with Gasteiger partial charge in [-0.25, -0.2) is 4.79 Å². The molecule has 1 aromatic carbocycles. The fraction of sp³-hybridized carbons (Fsp3) is 0.267. The Morgan fingerprint density at radius 1 is 1.27 bits per heavy atom. The Kier molecular flexibility index (Phi) is 3.62. The van der Waals surface area contributed by atoms with Crippen LogP contribution in [0.3, 0.4) is 0 Å². The lowest BCUT2D eigenvalue weighted by Gasteiger charge is -2.37. The Labute approximate surface area is 131 Å². The molecule has 1 aliphatic carbocycles. The maximum Gasteiger partial charge on any atom is 0.329 e. The molecular formula is C15H13ClN2O4. The van der Waals surface area contributed by atoms with E-state index in [1.165, 1.54) is 6.07 Å². The standard InChI is InChI=1S/C15H13ClN2O4/c16-10-4-2-9(3-5-10)12-8-11(18-22-12)13(19)17-15(14(20)21)6-1-7-15/h2-5,8H,1,6-7H2,(H,17,19)(H,20,21). The van der Waals surface area contributed by atoms with Crippen LogP contribution in [0, 0.1) is 0 Å². The van der Waals surface area contributed by atoms with E-state index >= 15 is 0 Å². The third kappa shape index (κ3) is 2.57. The third-order valence-corrected chi connectivity index (χ3v) is 4.09. The Bertz CT molecular complexity index is 719. The summed E-state index contributed by atoms with van der Waals surface area (Å²) in [5.41, 5.74) is -0.388. The second-order valence-corrected chi connectivity index (χ2v) is 5.71. The van der Waals surface area contributed by atoms with Gasteiger partial charge in [-0.05, 0) is 43.5 Å². The summed E-state index contributed by atoms with van der Waals surface area (Å²) in [6, 6.07) is 8.37. The summed E-state index contributed by atoms with van der Waals surface area (Å²) < 4.78 is 5.14. The minimum absolute atomic E-state index is 0.0532. The SMILES string of the molecule is O=C(NC1(C(=O)O)CCC1)c1cc(-c2ccc(Cl)cc2)on1. The topological polar surface area (TPSA) is 92.4 Å². The van der Waals surface area contributed by atoms with Crippen molar-refractivity contribution in [3.8, 4) is 11.3 Å². The molecule has 114 valence electrons. The molecule has 1 fully saturated rings. The van der Waals surface area contributed by atoms with Crippen molar-refractivity contribution in [3.63, 3.8) is 0 Å². The number of nitrogens with zero attached hydrogens (tertiary/aromatic N) is 1. The fourth-order valence-corrected chi connectivity index (χ4v) is 2.46. The number of hydrogen-bond donors (Lipinski definition) is 2.